The smallest absolute Gasteiger partial charge is 0.303 e. The van der Waals surface area contributed by atoms with Gasteiger partial charge < -0.3 is 5.11 Å². The summed E-state index contributed by atoms with van der Waals surface area (Å²) in [5.41, 5.74) is 0. The molecule has 1 saturated heterocycles. The van der Waals surface area contributed by atoms with Crippen LogP contribution < -0.4 is 0 Å². The Kier molecular flexibility index (Phi) is 4.88. The summed E-state index contributed by atoms with van der Waals surface area (Å²) in [7, 11) is -3.22. The molecule has 1 heterocycles. The highest BCUT2D eigenvalue weighted by molar-refractivity contribution is 7.99. The van der Waals surface area contributed by atoms with Crippen LogP contribution in [0, 0.1) is 0 Å². The zero-order valence-corrected chi connectivity index (χ0v) is 10.0. The summed E-state index contributed by atoms with van der Waals surface area (Å²) < 4.78 is 24.8. The van der Waals surface area contributed by atoms with Crippen LogP contribution in [0.15, 0.2) is 0 Å². The molecular formula is C8H15NO4S2. The Morgan fingerprint density at radius 3 is 2.47 bits per heavy atom. The Hall–Kier alpha value is -0.270. The summed E-state index contributed by atoms with van der Waals surface area (Å²) in [6.07, 6.45) is 0.114. The molecule has 1 N–H and O–H groups in total. The molecule has 1 aliphatic heterocycles. The summed E-state index contributed by atoms with van der Waals surface area (Å²) in [4.78, 5) is 10.2. The molecule has 88 valence electrons. The van der Waals surface area contributed by atoms with Gasteiger partial charge in [0, 0.05) is 31.0 Å². The standard InChI is InChI=1S/C8H15NO4S2/c10-8(11)2-1-7-15(12,13)9-3-5-14-6-4-9/h1-7H2,(H,10,11). The second kappa shape index (κ2) is 5.72. The number of carboxylic acids is 1. The molecule has 0 bridgehead atoms. The molecule has 7 heteroatoms. The van der Waals surface area contributed by atoms with Gasteiger partial charge in [-0.2, -0.15) is 11.8 Å². The van der Waals surface area contributed by atoms with Crippen LogP contribution in [0.1, 0.15) is 12.8 Å². The van der Waals surface area contributed by atoms with Gasteiger partial charge >= 0.3 is 5.97 Å². The van der Waals surface area contributed by atoms with E-state index in [1.54, 1.807) is 11.8 Å². The second-order valence-electron chi connectivity index (χ2n) is 3.32. The Bertz CT molecular complexity index is 309. The molecule has 1 aliphatic rings. The maximum absolute atomic E-state index is 11.7. The fourth-order valence-corrected chi connectivity index (χ4v) is 4.00. The highest BCUT2D eigenvalue weighted by Crippen LogP contribution is 2.14. The fraction of sp³-hybridized carbons (Fsp3) is 0.875. The molecule has 15 heavy (non-hydrogen) atoms. The van der Waals surface area contributed by atoms with Crippen LogP contribution in [-0.2, 0) is 14.8 Å². The van der Waals surface area contributed by atoms with Crippen LogP contribution in [0.4, 0.5) is 0 Å². The van der Waals surface area contributed by atoms with Gasteiger partial charge in [0.05, 0.1) is 5.75 Å². The third-order valence-corrected chi connectivity index (χ3v) is 5.06. The van der Waals surface area contributed by atoms with Crippen molar-refractivity contribution in [2.24, 2.45) is 0 Å². The molecule has 1 fully saturated rings. The van der Waals surface area contributed by atoms with Gasteiger partial charge in [-0.3, -0.25) is 4.79 Å². The molecule has 0 aromatic carbocycles. The van der Waals surface area contributed by atoms with Gasteiger partial charge in [-0.25, -0.2) is 12.7 Å². The van der Waals surface area contributed by atoms with Crippen molar-refractivity contribution < 1.29 is 18.3 Å². The summed E-state index contributed by atoms with van der Waals surface area (Å²) in [6.45, 7) is 1.11. The van der Waals surface area contributed by atoms with Crippen molar-refractivity contribution in [1.82, 2.24) is 4.31 Å². The maximum Gasteiger partial charge on any atom is 0.303 e. The van der Waals surface area contributed by atoms with Crippen molar-refractivity contribution in [2.75, 3.05) is 30.3 Å². The van der Waals surface area contributed by atoms with E-state index in [0.717, 1.165) is 11.5 Å². The Morgan fingerprint density at radius 2 is 1.93 bits per heavy atom. The lowest BCUT2D eigenvalue weighted by Crippen LogP contribution is -2.39. The van der Waals surface area contributed by atoms with Gasteiger partial charge in [0.25, 0.3) is 0 Å². The van der Waals surface area contributed by atoms with E-state index >= 15 is 0 Å². The number of carboxylic acid groups (broad SMARTS) is 1. The molecule has 0 amide bonds. The monoisotopic (exact) mass is 253 g/mol. The van der Waals surface area contributed by atoms with E-state index < -0.39 is 16.0 Å². The Morgan fingerprint density at radius 1 is 1.33 bits per heavy atom. The fourth-order valence-electron chi connectivity index (χ4n) is 1.36. The zero-order valence-electron chi connectivity index (χ0n) is 8.39. The lowest BCUT2D eigenvalue weighted by atomic mass is 10.3. The third kappa shape index (κ3) is 4.40. The molecule has 0 aliphatic carbocycles. The van der Waals surface area contributed by atoms with Gasteiger partial charge in [0.15, 0.2) is 0 Å². The minimum atomic E-state index is -3.22. The van der Waals surface area contributed by atoms with Crippen LogP contribution in [0.25, 0.3) is 0 Å². The van der Waals surface area contributed by atoms with Crippen molar-refractivity contribution in [3.63, 3.8) is 0 Å². The van der Waals surface area contributed by atoms with Crippen molar-refractivity contribution >= 4 is 27.8 Å². The molecular weight excluding hydrogens is 238 g/mol. The van der Waals surface area contributed by atoms with Crippen LogP contribution in [0.2, 0.25) is 0 Å². The number of hydrogen-bond donors (Lipinski definition) is 1. The summed E-state index contributed by atoms with van der Waals surface area (Å²) in [6, 6.07) is 0. The molecule has 0 spiro atoms. The van der Waals surface area contributed by atoms with Gasteiger partial charge in [0.2, 0.25) is 10.0 Å². The molecule has 0 unspecified atom stereocenters. The number of carbonyl (C=O) groups is 1. The number of nitrogens with zero attached hydrogens (tertiary/aromatic N) is 1. The Labute approximate surface area is 93.9 Å². The largest absolute Gasteiger partial charge is 0.481 e. The highest BCUT2D eigenvalue weighted by atomic mass is 32.2. The molecule has 0 aromatic heterocycles. The zero-order chi connectivity index (χ0) is 11.3. The third-order valence-electron chi connectivity index (χ3n) is 2.16. The minimum absolute atomic E-state index is 0.0516. The molecule has 0 atom stereocenters. The number of aliphatic carboxylic acids is 1. The molecule has 0 radical (unpaired) electrons. The number of thioether (sulfide) groups is 1. The van der Waals surface area contributed by atoms with Crippen molar-refractivity contribution in [3.05, 3.63) is 0 Å². The summed E-state index contributed by atoms with van der Waals surface area (Å²) >= 11 is 1.74. The number of sulfonamides is 1. The average Bonchev–Trinajstić information content (AvgIpc) is 2.18. The lowest BCUT2D eigenvalue weighted by molar-refractivity contribution is -0.137. The first-order valence-corrected chi connectivity index (χ1v) is 7.56. The van der Waals surface area contributed by atoms with Crippen molar-refractivity contribution in [1.29, 1.82) is 0 Å². The molecule has 1 rings (SSSR count). The van der Waals surface area contributed by atoms with Crippen LogP contribution >= 0.6 is 11.8 Å². The van der Waals surface area contributed by atoms with E-state index in [9.17, 15) is 13.2 Å². The van der Waals surface area contributed by atoms with E-state index in [1.165, 1.54) is 4.31 Å². The van der Waals surface area contributed by atoms with Crippen LogP contribution in [0.5, 0.6) is 0 Å². The highest BCUT2D eigenvalue weighted by Gasteiger charge is 2.23. The van der Waals surface area contributed by atoms with E-state index in [4.69, 9.17) is 5.11 Å². The SMILES string of the molecule is O=C(O)CCCS(=O)(=O)N1CCSCC1. The quantitative estimate of drug-likeness (QED) is 0.759. The summed E-state index contributed by atoms with van der Waals surface area (Å²) in [5, 5.41) is 8.41. The van der Waals surface area contributed by atoms with E-state index in [-0.39, 0.29) is 18.6 Å². The van der Waals surface area contributed by atoms with Crippen LogP contribution in [0.3, 0.4) is 0 Å². The molecule has 0 aromatic rings. The topological polar surface area (TPSA) is 74.7 Å². The second-order valence-corrected chi connectivity index (χ2v) is 6.64. The maximum atomic E-state index is 11.7. The van der Waals surface area contributed by atoms with E-state index in [0.29, 0.717) is 13.1 Å². The van der Waals surface area contributed by atoms with Crippen molar-refractivity contribution in [2.45, 2.75) is 12.8 Å². The van der Waals surface area contributed by atoms with E-state index in [1.807, 2.05) is 0 Å². The predicted octanol–water partition coefficient (Wildman–Crippen LogP) is 0.230. The first kappa shape index (κ1) is 12.8. The first-order valence-electron chi connectivity index (χ1n) is 4.80. The van der Waals surface area contributed by atoms with Crippen molar-refractivity contribution in [3.8, 4) is 0 Å². The summed E-state index contributed by atoms with van der Waals surface area (Å²) in [5.74, 6) is 0.666. The van der Waals surface area contributed by atoms with E-state index in [2.05, 4.69) is 0 Å². The normalized spacial score (nSPS) is 18.9. The van der Waals surface area contributed by atoms with Gasteiger partial charge in [0.1, 0.15) is 0 Å². The average molecular weight is 253 g/mol. The Balaban J connectivity index is 2.40. The number of hydrogen-bond acceptors (Lipinski definition) is 4. The molecule has 5 nitrogen and oxygen atoms in total. The van der Waals surface area contributed by atoms with Crippen LogP contribution in [-0.4, -0.2) is 54.1 Å². The van der Waals surface area contributed by atoms with Gasteiger partial charge in [-0.05, 0) is 6.42 Å². The minimum Gasteiger partial charge on any atom is -0.481 e. The number of rotatable bonds is 5. The molecule has 0 saturated carbocycles. The first-order chi connectivity index (χ1) is 7.02. The predicted molar refractivity (Wildman–Crippen MR) is 59.6 cm³/mol. The van der Waals surface area contributed by atoms with Gasteiger partial charge in [-0.1, -0.05) is 0 Å². The van der Waals surface area contributed by atoms with Gasteiger partial charge in [-0.15, -0.1) is 0 Å². The lowest BCUT2D eigenvalue weighted by Gasteiger charge is -2.25.